The summed E-state index contributed by atoms with van der Waals surface area (Å²) in [6.45, 7) is 10.1. The number of urea groups is 1. The minimum absolute atomic E-state index is 0.198. The van der Waals surface area contributed by atoms with Gasteiger partial charge in [-0.15, -0.1) is 0 Å². The van der Waals surface area contributed by atoms with E-state index in [4.69, 9.17) is 4.74 Å². The van der Waals surface area contributed by atoms with Crippen LogP contribution in [0.5, 0.6) is 5.75 Å². The van der Waals surface area contributed by atoms with Gasteiger partial charge in [-0.05, 0) is 55.4 Å². The molecule has 3 rings (SSSR count). The molecule has 3 amide bonds. The number of benzene rings is 2. The predicted molar refractivity (Wildman–Crippen MR) is 136 cm³/mol. The van der Waals surface area contributed by atoms with Gasteiger partial charge < -0.3 is 9.64 Å². The van der Waals surface area contributed by atoms with Gasteiger partial charge in [0.25, 0.3) is 0 Å². The average molecular weight is 500 g/mol. The molecule has 1 N–H and O–H groups in total. The van der Waals surface area contributed by atoms with E-state index in [1.165, 1.54) is 4.90 Å². The van der Waals surface area contributed by atoms with Gasteiger partial charge >= 0.3 is 14.1 Å². The van der Waals surface area contributed by atoms with E-state index in [1.54, 1.807) is 36.1 Å². The summed E-state index contributed by atoms with van der Waals surface area (Å²) >= 11 is 0. The number of hydrogen-bond donors (Lipinski definition) is 1. The van der Waals surface area contributed by atoms with Crippen LogP contribution in [0, 0.1) is 5.41 Å². The number of carbonyl (C=O) groups excluding carboxylic acids is 2. The second-order valence-electron chi connectivity index (χ2n) is 9.12. The first-order chi connectivity index (χ1) is 16.7. The minimum Gasteiger partial charge on any atom is -0.469 e. The Bertz CT molecular complexity index is 1040. The van der Waals surface area contributed by atoms with Crippen molar-refractivity contribution in [1.82, 2.24) is 9.80 Å². The van der Waals surface area contributed by atoms with E-state index in [9.17, 15) is 19.0 Å². The Balaban J connectivity index is 1.89. The van der Waals surface area contributed by atoms with E-state index in [0.717, 1.165) is 17.5 Å². The number of amides is 3. The molecule has 35 heavy (non-hydrogen) atoms. The maximum Gasteiger partial charge on any atom is 0.513 e. The lowest BCUT2D eigenvalue weighted by Gasteiger charge is -2.54. The summed E-state index contributed by atoms with van der Waals surface area (Å²) in [4.78, 5) is 39.6. The molecule has 7 nitrogen and oxygen atoms in total. The number of imide groups is 1. The Labute approximate surface area is 208 Å². The third-order valence-corrected chi connectivity index (χ3v) is 8.18. The lowest BCUT2D eigenvalue weighted by Crippen LogP contribution is -2.74. The van der Waals surface area contributed by atoms with Gasteiger partial charge in [-0.3, -0.25) is 4.79 Å². The molecule has 0 saturated carbocycles. The number of likely N-dealkylation sites (tertiary alicyclic amines) is 1. The smallest absolute Gasteiger partial charge is 0.469 e. The van der Waals surface area contributed by atoms with Crippen LogP contribution in [0.3, 0.4) is 0 Å². The normalized spacial score (nSPS) is 18.9. The number of hydrogen-bond acceptors (Lipinski definition) is 4. The summed E-state index contributed by atoms with van der Waals surface area (Å²) in [5.74, 6) is 0.301. The van der Waals surface area contributed by atoms with Crippen molar-refractivity contribution in [3.63, 3.8) is 0 Å². The van der Waals surface area contributed by atoms with Gasteiger partial charge in [-0.1, -0.05) is 63.2 Å². The average Bonchev–Trinajstić information content (AvgIpc) is 2.88. The fraction of sp³-hybridized carbons (Fsp3) is 0.481. The highest BCUT2D eigenvalue weighted by atomic mass is 31.1. The van der Waals surface area contributed by atoms with Crippen LogP contribution >= 0.6 is 8.03 Å². The van der Waals surface area contributed by atoms with Gasteiger partial charge in [-0.2, -0.15) is 4.89 Å². The van der Waals surface area contributed by atoms with Crippen molar-refractivity contribution in [2.75, 3.05) is 6.54 Å². The van der Waals surface area contributed by atoms with Crippen molar-refractivity contribution in [2.45, 2.75) is 71.8 Å². The Morgan fingerprint density at radius 3 is 2.17 bits per heavy atom. The molecular weight excluding hydrogens is 463 g/mol. The summed E-state index contributed by atoms with van der Waals surface area (Å²) in [6.07, 6.45) is 1.14. The third-order valence-electron chi connectivity index (χ3n) is 7.22. The summed E-state index contributed by atoms with van der Waals surface area (Å²) < 4.78 is 17.7. The van der Waals surface area contributed by atoms with Crippen molar-refractivity contribution < 1.29 is 23.8 Å². The van der Waals surface area contributed by atoms with Crippen molar-refractivity contribution in [1.29, 1.82) is 0 Å². The van der Waals surface area contributed by atoms with Crippen molar-refractivity contribution in [2.24, 2.45) is 5.41 Å². The molecule has 0 bridgehead atoms. The highest BCUT2D eigenvalue weighted by Gasteiger charge is 2.63. The molecule has 8 heteroatoms. The van der Waals surface area contributed by atoms with E-state index < -0.39 is 25.3 Å². The number of β-lactam (4-membered cyclic amide) rings is 1. The largest absolute Gasteiger partial charge is 0.513 e. The summed E-state index contributed by atoms with van der Waals surface area (Å²) in [5.41, 5.74) is 0.463. The van der Waals surface area contributed by atoms with Crippen LogP contribution in [0.4, 0.5) is 4.79 Å². The van der Waals surface area contributed by atoms with E-state index in [2.05, 4.69) is 0 Å². The summed E-state index contributed by atoms with van der Waals surface area (Å²) in [6, 6.07) is 16.2. The number of nitrogens with zero attached hydrogens (tertiary/aromatic N) is 2. The molecular formula is C27H36N2O5P+. The standard InChI is InChI=1S/C27H35N2O5P/c1-6-18-28(19(4)21-12-10-9-11-13-21)26(31)29-24(30)27(7-2,8-3)25(29)34-23-16-14-22(15-17-23)20(5)35(32)33/h9-17,19-20,25H,6-8,18H2,1-5H3/p+1/t19-,20?,25+/m1/s1. The Morgan fingerprint density at radius 2 is 1.66 bits per heavy atom. The molecule has 1 aliphatic heterocycles. The maximum absolute atomic E-state index is 13.8. The Morgan fingerprint density at radius 1 is 1.06 bits per heavy atom. The molecule has 2 aromatic rings. The van der Waals surface area contributed by atoms with Gasteiger partial charge in [0.15, 0.2) is 6.23 Å². The minimum atomic E-state index is -2.33. The monoisotopic (exact) mass is 499 g/mol. The second-order valence-corrected chi connectivity index (χ2v) is 10.5. The second kappa shape index (κ2) is 11.3. The molecule has 0 aliphatic carbocycles. The third kappa shape index (κ3) is 5.12. The van der Waals surface area contributed by atoms with E-state index >= 15 is 0 Å². The fourth-order valence-corrected chi connectivity index (χ4v) is 5.14. The SMILES string of the molecule is CCCN(C(=O)N1C(=O)C(CC)(CC)[C@@H]1Oc1ccc(C(C)[P+](=O)O)cc1)[C@H](C)c1ccccc1. The van der Waals surface area contributed by atoms with Gasteiger partial charge in [0, 0.05) is 12.1 Å². The quantitative estimate of drug-likeness (QED) is 0.301. The topological polar surface area (TPSA) is 87.2 Å². The molecule has 4 atom stereocenters. The lowest BCUT2D eigenvalue weighted by molar-refractivity contribution is -0.192. The molecule has 2 aromatic carbocycles. The molecule has 1 heterocycles. The molecule has 2 unspecified atom stereocenters. The molecule has 1 aliphatic rings. The van der Waals surface area contributed by atoms with E-state index in [1.807, 2.05) is 58.0 Å². The van der Waals surface area contributed by atoms with Gasteiger partial charge in [-0.25, -0.2) is 9.69 Å². The predicted octanol–water partition coefficient (Wildman–Crippen LogP) is 6.43. The van der Waals surface area contributed by atoms with Crippen LogP contribution in [-0.2, 0) is 9.36 Å². The van der Waals surface area contributed by atoms with Gasteiger partial charge in [0.1, 0.15) is 11.2 Å². The molecule has 0 aromatic heterocycles. The van der Waals surface area contributed by atoms with Crippen LogP contribution in [0.25, 0.3) is 0 Å². The Hall–Kier alpha value is -2.76. The van der Waals surface area contributed by atoms with Crippen molar-refractivity contribution in [3.05, 3.63) is 65.7 Å². The first kappa shape index (κ1) is 26.8. The summed E-state index contributed by atoms with van der Waals surface area (Å²) in [7, 11) is -2.33. The van der Waals surface area contributed by atoms with Crippen LogP contribution in [-0.4, -0.2) is 39.4 Å². The van der Waals surface area contributed by atoms with Crippen molar-refractivity contribution in [3.8, 4) is 5.75 Å². The zero-order valence-electron chi connectivity index (χ0n) is 21.2. The number of carbonyl (C=O) groups is 2. The fourth-order valence-electron chi connectivity index (χ4n) is 4.71. The van der Waals surface area contributed by atoms with E-state index in [0.29, 0.717) is 25.1 Å². The van der Waals surface area contributed by atoms with Crippen LogP contribution in [0.1, 0.15) is 76.7 Å². The van der Waals surface area contributed by atoms with Crippen molar-refractivity contribution >= 4 is 20.0 Å². The molecule has 1 fully saturated rings. The molecule has 0 radical (unpaired) electrons. The van der Waals surface area contributed by atoms with Crippen LogP contribution < -0.4 is 4.74 Å². The first-order valence-corrected chi connectivity index (χ1v) is 13.6. The maximum atomic E-state index is 13.8. The molecule has 188 valence electrons. The van der Waals surface area contributed by atoms with Crippen LogP contribution in [0.2, 0.25) is 0 Å². The zero-order valence-corrected chi connectivity index (χ0v) is 22.1. The van der Waals surface area contributed by atoms with Crippen LogP contribution in [0.15, 0.2) is 54.6 Å². The number of ether oxygens (including phenoxy) is 1. The van der Waals surface area contributed by atoms with Gasteiger partial charge in [0.05, 0.1) is 6.04 Å². The highest BCUT2D eigenvalue weighted by molar-refractivity contribution is 7.38. The molecule has 1 saturated heterocycles. The van der Waals surface area contributed by atoms with E-state index in [-0.39, 0.29) is 18.0 Å². The van der Waals surface area contributed by atoms with Gasteiger partial charge in [0.2, 0.25) is 11.6 Å². The summed E-state index contributed by atoms with van der Waals surface area (Å²) in [5, 5.41) is 0. The Kier molecular flexibility index (Phi) is 8.68. The lowest BCUT2D eigenvalue weighted by atomic mass is 9.72. The molecule has 0 spiro atoms. The highest BCUT2D eigenvalue weighted by Crippen LogP contribution is 2.47. The number of rotatable bonds is 10. The first-order valence-electron chi connectivity index (χ1n) is 12.3. The zero-order chi connectivity index (χ0) is 25.8.